The summed E-state index contributed by atoms with van der Waals surface area (Å²) < 4.78 is 40.0. The lowest BCUT2D eigenvalue weighted by molar-refractivity contribution is -0.121. The number of hydrogen-bond acceptors (Lipinski definition) is 6. The number of anilines is 1. The number of amides is 1. The van der Waals surface area contributed by atoms with Crippen molar-refractivity contribution < 1.29 is 22.7 Å². The molecule has 2 aliphatic rings. The van der Waals surface area contributed by atoms with Crippen molar-refractivity contribution >= 4 is 21.6 Å². The third kappa shape index (κ3) is 7.60. The first-order valence-corrected chi connectivity index (χ1v) is 15.5. The van der Waals surface area contributed by atoms with Crippen molar-refractivity contribution in [1.29, 1.82) is 0 Å². The molecule has 2 heterocycles. The molecule has 2 aromatic rings. The third-order valence-electron chi connectivity index (χ3n) is 7.87. The molecule has 0 aliphatic carbocycles. The molecule has 1 atom stereocenters. The third-order valence-corrected chi connectivity index (χ3v) is 10.1. The van der Waals surface area contributed by atoms with Crippen LogP contribution in [0.5, 0.6) is 5.75 Å². The van der Waals surface area contributed by atoms with Crippen LogP contribution < -0.4 is 10.1 Å². The van der Waals surface area contributed by atoms with Gasteiger partial charge in [-0.3, -0.25) is 9.69 Å². The van der Waals surface area contributed by atoms with Crippen LogP contribution in [0, 0.1) is 19.8 Å². The van der Waals surface area contributed by atoms with Crippen molar-refractivity contribution in [2.75, 3.05) is 45.3 Å². The molecule has 39 heavy (non-hydrogen) atoms. The van der Waals surface area contributed by atoms with Gasteiger partial charge in [0.05, 0.1) is 18.6 Å². The molecular weight excluding hydrogens is 514 g/mol. The van der Waals surface area contributed by atoms with Crippen LogP contribution in [0.4, 0.5) is 5.69 Å². The number of nitrogens with one attached hydrogen (secondary N) is 1. The summed E-state index contributed by atoms with van der Waals surface area (Å²) in [4.78, 5) is 15.4. The summed E-state index contributed by atoms with van der Waals surface area (Å²) in [5.41, 5.74) is 3.28. The first-order valence-electron chi connectivity index (χ1n) is 14.0. The van der Waals surface area contributed by atoms with Crippen LogP contribution in [0.2, 0.25) is 0 Å². The second kappa shape index (κ2) is 13.3. The quantitative estimate of drug-likeness (QED) is 0.454. The van der Waals surface area contributed by atoms with Crippen molar-refractivity contribution in [3.8, 4) is 5.75 Å². The Labute approximate surface area is 233 Å². The van der Waals surface area contributed by atoms with E-state index in [1.165, 1.54) is 18.4 Å². The van der Waals surface area contributed by atoms with Gasteiger partial charge in [-0.15, -0.1) is 0 Å². The molecule has 0 radical (unpaired) electrons. The Kier molecular flexibility index (Phi) is 10.0. The van der Waals surface area contributed by atoms with Gasteiger partial charge in [0, 0.05) is 24.8 Å². The van der Waals surface area contributed by atoms with Crippen LogP contribution in [0.1, 0.15) is 55.7 Å². The maximum absolute atomic E-state index is 13.7. The van der Waals surface area contributed by atoms with Gasteiger partial charge in [0.15, 0.2) is 0 Å². The Morgan fingerprint density at radius 1 is 1.00 bits per heavy atom. The lowest BCUT2D eigenvalue weighted by atomic mass is 9.99. The van der Waals surface area contributed by atoms with Gasteiger partial charge in [-0.1, -0.05) is 25.5 Å². The van der Waals surface area contributed by atoms with E-state index in [9.17, 15) is 13.2 Å². The molecule has 2 fully saturated rings. The number of carbonyl (C=O) groups excluding carboxylic acids is 1. The van der Waals surface area contributed by atoms with E-state index in [0.717, 1.165) is 44.1 Å². The zero-order valence-corrected chi connectivity index (χ0v) is 24.6. The number of aryl methyl sites for hydroxylation is 2. The topological polar surface area (TPSA) is 88.2 Å². The molecule has 0 saturated carbocycles. The summed E-state index contributed by atoms with van der Waals surface area (Å²) in [6.45, 7) is 9.59. The van der Waals surface area contributed by atoms with Crippen molar-refractivity contribution in [3.05, 3.63) is 53.1 Å². The number of hydrogen-bond donors (Lipinski definition) is 1. The van der Waals surface area contributed by atoms with Crippen LogP contribution >= 0.6 is 0 Å². The summed E-state index contributed by atoms with van der Waals surface area (Å²) in [6, 6.07) is 11.2. The number of rotatable bonds is 10. The molecular formula is C30H43N3O5S. The minimum atomic E-state index is -3.72. The summed E-state index contributed by atoms with van der Waals surface area (Å²) in [6.07, 6.45) is 4.93. The fourth-order valence-corrected chi connectivity index (χ4v) is 7.76. The minimum absolute atomic E-state index is 0.126. The molecule has 4 rings (SSSR count). The number of carbonyl (C=O) groups is 1. The number of benzene rings is 2. The summed E-state index contributed by atoms with van der Waals surface area (Å²) in [5, 5.41) is 2.89. The summed E-state index contributed by atoms with van der Waals surface area (Å²) in [7, 11) is -2.15. The minimum Gasteiger partial charge on any atom is -0.497 e. The SMILES string of the molecule is COc1cc(C)c(S(=O)(=O)N2CCCCC2COCC(=O)Nc2ccc(CN3CCC(C)CC3)cc2)c(C)c1. The smallest absolute Gasteiger partial charge is 0.250 e. The van der Waals surface area contributed by atoms with Crippen LogP contribution in [0.25, 0.3) is 0 Å². The predicted molar refractivity (Wildman–Crippen MR) is 154 cm³/mol. The highest BCUT2D eigenvalue weighted by Crippen LogP contribution is 2.32. The first kappa shape index (κ1) is 29.5. The van der Waals surface area contributed by atoms with Gasteiger partial charge in [0.2, 0.25) is 15.9 Å². The average molecular weight is 558 g/mol. The van der Waals surface area contributed by atoms with E-state index in [-0.39, 0.29) is 25.2 Å². The van der Waals surface area contributed by atoms with E-state index in [1.807, 2.05) is 12.1 Å². The average Bonchev–Trinajstić information content (AvgIpc) is 2.90. The van der Waals surface area contributed by atoms with Gasteiger partial charge in [-0.2, -0.15) is 4.31 Å². The molecule has 8 nitrogen and oxygen atoms in total. The number of sulfonamides is 1. The van der Waals surface area contributed by atoms with Gasteiger partial charge in [0.1, 0.15) is 12.4 Å². The molecule has 0 spiro atoms. The van der Waals surface area contributed by atoms with E-state index in [0.29, 0.717) is 34.7 Å². The molecule has 2 aliphatic heterocycles. The van der Waals surface area contributed by atoms with Crippen molar-refractivity contribution in [2.24, 2.45) is 5.92 Å². The molecule has 2 saturated heterocycles. The number of piperidine rings is 2. The van der Waals surface area contributed by atoms with Gasteiger partial charge in [-0.05, 0) is 99.5 Å². The van der Waals surface area contributed by atoms with E-state index >= 15 is 0 Å². The number of methoxy groups -OCH3 is 1. The lowest BCUT2D eigenvalue weighted by Crippen LogP contribution is -2.46. The Bertz CT molecular complexity index is 1200. The van der Waals surface area contributed by atoms with E-state index in [2.05, 4.69) is 29.3 Å². The molecule has 2 aromatic carbocycles. The molecule has 0 bridgehead atoms. The highest BCUT2D eigenvalue weighted by molar-refractivity contribution is 7.89. The maximum Gasteiger partial charge on any atom is 0.250 e. The van der Waals surface area contributed by atoms with Crippen molar-refractivity contribution in [2.45, 2.75) is 70.4 Å². The molecule has 9 heteroatoms. The van der Waals surface area contributed by atoms with Gasteiger partial charge in [-0.25, -0.2) is 8.42 Å². The van der Waals surface area contributed by atoms with Gasteiger partial charge in [0.25, 0.3) is 0 Å². The monoisotopic (exact) mass is 557 g/mol. The molecule has 1 amide bonds. The molecule has 0 aromatic heterocycles. The largest absolute Gasteiger partial charge is 0.497 e. The van der Waals surface area contributed by atoms with Gasteiger partial charge < -0.3 is 14.8 Å². The molecule has 1 N–H and O–H groups in total. The van der Waals surface area contributed by atoms with Crippen molar-refractivity contribution in [3.63, 3.8) is 0 Å². The Hall–Kier alpha value is -2.46. The maximum atomic E-state index is 13.7. The highest BCUT2D eigenvalue weighted by atomic mass is 32.2. The Morgan fingerprint density at radius 3 is 2.31 bits per heavy atom. The van der Waals surface area contributed by atoms with E-state index in [1.54, 1.807) is 37.4 Å². The van der Waals surface area contributed by atoms with E-state index < -0.39 is 10.0 Å². The van der Waals surface area contributed by atoms with Crippen LogP contribution in [0.3, 0.4) is 0 Å². The number of nitrogens with zero attached hydrogens (tertiary/aromatic N) is 2. The van der Waals surface area contributed by atoms with E-state index in [4.69, 9.17) is 9.47 Å². The Balaban J connectivity index is 1.29. The second-order valence-corrected chi connectivity index (χ2v) is 12.9. The number of likely N-dealkylation sites (tertiary alicyclic amines) is 1. The summed E-state index contributed by atoms with van der Waals surface area (Å²) in [5.74, 6) is 1.20. The van der Waals surface area contributed by atoms with Crippen LogP contribution in [0.15, 0.2) is 41.3 Å². The fourth-order valence-electron chi connectivity index (χ4n) is 5.67. The second-order valence-electron chi connectivity index (χ2n) is 11.1. The van der Waals surface area contributed by atoms with Crippen molar-refractivity contribution in [1.82, 2.24) is 9.21 Å². The molecule has 1 unspecified atom stereocenters. The van der Waals surface area contributed by atoms with Crippen LogP contribution in [-0.2, 0) is 26.1 Å². The number of ether oxygens (including phenoxy) is 2. The highest BCUT2D eigenvalue weighted by Gasteiger charge is 2.35. The van der Waals surface area contributed by atoms with Gasteiger partial charge >= 0.3 is 0 Å². The fraction of sp³-hybridized carbons (Fsp3) is 0.567. The molecule has 214 valence electrons. The predicted octanol–water partition coefficient (Wildman–Crippen LogP) is 4.74. The first-order chi connectivity index (χ1) is 18.7. The zero-order chi connectivity index (χ0) is 28.0. The normalized spacial score (nSPS) is 19.6. The Morgan fingerprint density at radius 2 is 1.67 bits per heavy atom. The van der Waals surface area contributed by atoms with Crippen LogP contribution in [-0.4, -0.2) is 69.5 Å². The standard InChI is InChI=1S/C30H43N3O5S/c1-22-12-15-32(16-13-22)19-25-8-10-26(11-9-25)31-29(34)21-38-20-27-7-5-6-14-33(27)39(35,36)30-23(2)17-28(37-4)18-24(30)3/h8-11,17-18,22,27H,5-7,12-16,19-21H2,1-4H3,(H,31,34). The zero-order valence-electron chi connectivity index (χ0n) is 23.7. The lowest BCUT2D eigenvalue weighted by Gasteiger charge is -2.35. The summed E-state index contributed by atoms with van der Waals surface area (Å²) >= 11 is 0.